The van der Waals surface area contributed by atoms with Crippen LogP contribution in [0.2, 0.25) is 0 Å². The van der Waals surface area contributed by atoms with E-state index < -0.39 is 14.6 Å². The highest BCUT2D eigenvalue weighted by Gasteiger charge is 2.31. The fourth-order valence-corrected chi connectivity index (χ4v) is 1.87. The van der Waals surface area contributed by atoms with Crippen molar-refractivity contribution in [3.05, 3.63) is 0 Å². The van der Waals surface area contributed by atoms with Crippen LogP contribution in [0.5, 0.6) is 0 Å². The fraction of sp³-hybridized carbons (Fsp3) is 1.00. The number of nitrogens with zero attached hydrogens (tertiary/aromatic N) is 1. The number of hydrogen-bond acceptors (Lipinski definition) is 4. The van der Waals surface area contributed by atoms with Crippen molar-refractivity contribution in [3.8, 4) is 0 Å². The summed E-state index contributed by atoms with van der Waals surface area (Å²) in [6, 6.07) is 0. The molecule has 5 heteroatoms. The molecule has 0 rings (SSSR count). The Bertz CT molecular complexity index is 286. The van der Waals surface area contributed by atoms with Gasteiger partial charge in [-0.3, -0.25) is 4.90 Å². The number of hydrogen-bond donors (Lipinski definition) is 1. The van der Waals surface area contributed by atoms with E-state index in [1.807, 2.05) is 4.90 Å². The van der Waals surface area contributed by atoms with Gasteiger partial charge in [0.2, 0.25) is 0 Å². The van der Waals surface area contributed by atoms with Crippen LogP contribution in [0.15, 0.2) is 0 Å². The first-order valence-electron chi connectivity index (χ1n) is 5.77. The Hall–Kier alpha value is -0.130. The zero-order valence-corrected chi connectivity index (χ0v) is 11.7. The molecule has 16 heavy (non-hydrogen) atoms. The van der Waals surface area contributed by atoms with Crippen LogP contribution >= 0.6 is 0 Å². The molecule has 0 aliphatic carbocycles. The summed E-state index contributed by atoms with van der Waals surface area (Å²) in [6.45, 7) is 7.50. The van der Waals surface area contributed by atoms with E-state index in [-0.39, 0.29) is 6.61 Å². The van der Waals surface area contributed by atoms with Gasteiger partial charge in [-0.1, -0.05) is 13.3 Å². The molecule has 98 valence electrons. The minimum atomic E-state index is -3.06. The molecule has 0 aromatic carbocycles. The van der Waals surface area contributed by atoms with Crippen molar-refractivity contribution in [3.63, 3.8) is 0 Å². The zero-order valence-electron chi connectivity index (χ0n) is 10.9. The van der Waals surface area contributed by atoms with Crippen molar-refractivity contribution in [2.45, 2.75) is 38.4 Å². The summed E-state index contributed by atoms with van der Waals surface area (Å²) in [4.78, 5) is 2.02. The van der Waals surface area contributed by atoms with E-state index in [0.29, 0.717) is 13.1 Å². The molecule has 0 bridgehead atoms. The first-order chi connectivity index (χ1) is 7.24. The SMILES string of the molecule is CCCCN(CCO)CC(C)(C)S(C)(=O)=O. The highest BCUT2D eigenvalue weighted by molar-refractivity contribution is 7.92. The standard InChI is InChI=1S/C11H25NO3S/c1-5-6-7-12(8-9-13)10-11(2,3)16(4,14)15/h13H,5-10H2,1-4H3. The average molecular weight is 251 g/mol. The average Bonchev–Trinajstić information content (AvgIpc) is 2.12. The van der Waals surface area contributed by atoms with Crippen molar-refractivity contribution < 1.29 is 13.5 Å². The van der Waals surface area contributed by atoms with E-state index in [2.05, 4.69) is 6.92 Å². The second kappa shape index (κ2) is 6.57. The molecule has 0 aliphatic heterocycles. The predicted octanol–water partition coefficient (Wildman–Crippen LogP) is 0.904. The van der Waals surface area contributed by atoms with Crippen LogP contribution in [-0.2, 0) is 9.84 Å². The Morgan fingerprint density at radius 1 is 1.25 bits per heavy atom. The van der Waals surface area contributed by atoms with Gasteiger partial charge in [0.05, 0.1) is 11.4 Å². The normalized spacial score (nSPS) is 13.4. The lowest BCUT2D eigenvalue weighted by Gasteiger charge is -2.30. The van der Waals surface area contributed by atoms with Gasteiger partial charge in [0, 0.05) is 19.3 Å². The fourth-order valence-electron chi connectivity index (χ4n) is 1.45. The Kier molecular flexibility index (Phi) is 6.51. The lowest BCUT2D eigenvalue weighted by molar-refractivity contribution is 0.184. The predicted molar refractivity (Wildman–Crippen MR) is 67.4 cm³/mol. The highest BCUT2D eigenvalue weighted by atomic mass is 32.2. The number of rotatable bonds is 8. The molecule has 0 saturated heterocycles. The summed E-state index contributed by atoms with van der Waals surface area (Å²) < 4.78 is 22.4. The molecule has 1 N–H and O–H groups in total. The van der Waals surface area contributed by atoms with Crippen LogP contribution in [0.25, 0.3) is 0 Å². The van der Waals surface area contributed by atoms with Crippen molar-refractivity contribution in [1.82, 2.24) is 4.90 Å². The largest absolute Gasteiger partial charge is 0.395 e. The Morgan fingerprint density at radius 2 is 1.81 bits per heavy atom. The maximum Gasteiger partial charge on any atom is 0.153 e. The highest BCUT2D eigenvalue weighted by Crippen LogP contribution is 2.17. The zero-order chi connectivity index (χ0) is 12.8. The molecule has 0 unspecified atom stereocenters. The molecule has 0 radical (unpaired) electrons. The van der Waals surface area contributed by atoms with Crippen LogP contribution in [0, 0.1) is 0 Å². The molecule has 0 atom stereocenters. The number of aliphatic hydroxyl groups is 1. The minimum Gasteiger partial charge on any atom is -0.395 e. The first-order valence-corrected chi connectivity index (χ1v) is 7.66. The molecule has 0 saturated carbocycles. The third-order valence-corrected chi connectivity index (χ3v) is 4.99. The summed E-state index contributed by atoms with van der Waals surface area (Å²) in [5.41, 5.74) is 0. The van der Waals surface area contributed by atoms with Gasteiger partial charge < -0.3 is 5.11 Å². The summed E-state index contributed by atoms with van der Waals surface area (Å²) in [6.07, 6.45) is 3.37. The Balaban J connectivity index is 4.49. The molecule has 0 aromatic heterocycles. The molecule has 0 amide bonds. The Labute approximate surface area is 99.6 Å². The first kappa shape index (κ1) is 15.9. The van der Waals surface area contributed by atoms with Gasteiger partial charge >= 0.3 is 0 Å². The van der Waals surface area contributed by atoms with Crippen LogP contribution < -0.4 is 0 Å². The van der Waals surface area contributed by atoms with Gasteiger partial charge in [-0.2, -0.15) is 0 Å². The van der Waals surface area contributed by atoms with E-state index in [1.54, 1.807) is 13.8 Å². The minimum absolute atomic E-state index is 0.0730. The summed E-state index contributed by atoms with van der Waals surface area (Å²) in [5.74, 6) is 0. The topological polar surface area (TPSA) is 57.6 Å². The van der Waals surface area contributed by atoms with Crippen molar-refractivity contribution in [1.29, 1.82) is 0 Å². The summed E-state index contributed by atoms with van der Waals surface area (Å²) >= 11 is 0. The molecular weight excluding hydrogens is 226 g/mol. The third-order valence-electron chi connectivity index (χ3n) is 2.85. The molecule has 0 spiro atoms. The van der Waals surface area contributed by atoms with Crippen molar-refractivity contribution in [2.24, 2.45) is 0 Å². The smallest absolute Gasteiger partial charge is 0.153 e. The molecule has 4 nitrogen and oxygen atoms in total. The van der Waals surface area contributed by atoms with E-state index in [4.69, 9.17) is 5.11 Å². The number of aliphatic hydroxyl groups excluding tert-OH is 1. The molecule has 0 heterocycles. The van der Waals surface area contributed by atoms with Crippen LogP contribution in [0.4, 0.5) is 0 Å². The maximum absolute atomic E-state index is 11.6. The van der Waals surface area contributed by atoms with Crippen LogP contribution in [0.3, 0.4) is 0 Å². The molecule has 0 fully saturated rings. The Morgan fingerprint density at radius 3 is 2.19 bits per heavy atom. The van der Waals surface area contributed by atoms with Crippen molar-refractivity contribution >= 4 is 9.84 Å². The van der Waals surface area contributed by atoms with E-state index in [0.717, 1.165) is 19.4 Å². The molecule has 0 aliphatic rings. The van der Waals surface area contributed by atoms with Gasteiger partial charge in [-0.25, -0.2) is 8.42 Å². The van der Waals surface area contributed by atoms with Gasteiger partial charge in [-0.15, -0.1) is 0 Å². The second-order valence-corrected chi connectivity index (χ2v) is 7.53. The van der Waals surface area contributed by atoms with E-state index in [1.165, 1.54) is 6.26 Å². The monoisotopic (exact) mass is 251 g/mol. The molecular formula is C11H25NO3S. The third kappa shape index (κ3) is 5.27. The summed E-state index contributed by atoms with van der Waals surface area (Å²) in [7, 11) is -3.06. The molecule has 0 aromatic rings. The van der Waals surface area contributed by atoms with Crippen LogP contribution in [0.1, 0.15) is 33.6 Å². The van der Waals surface area contributed by atoms with E-state index >= 15 is 0 Å². The maximum atomic E-state index is 11.6. The lowest BCUT2D eigenvalue weighted by Crippen LogP contribution is -2.45. The lowest BCUT2D eigenvalue weighted by atomic mass is 10.2. The van der Waals surface area contributed by atoms with Crippen molar-refractivity contribution in [2.75, 3.05) is 32.5 Å². The van der Waals surface area contributed by atoms with Gasteiger partial charge in [0.15, 0.2) is 9.84 Å². The second-order valence-electron chi connectivity index (χ2n) is 4.89. The van der Waals surface area contributed by atoms with Gasteiger partial charge in [0.1, 0.15) is 0 Å². The van der Waals surface area contributed by atoms with Crippen LogP contribution in [-0.4, -0.2) is 55.7 Å². The summed E-state index contributed by atoms with van der Waals surface area (Å²) in [5, 5.41) is 8.94. The number of sulfone groups is 1. The van der Waals surface area contributed by atoms with Gasteiger partial charge in [0.25, 0.3) is 0 Å². The quantitative estimate of drug-likeness (QED) is 0.696. The van der Waals surface area contributed by atoms with Gasteiger partial charge in [-0.05, 0) is 26.8 Å². The number of unbranched alkanes of at least 4 members (excludes halogenated alkanes) is 1. The van der Waals surface area contributed by atoms with E-state index in [9.17, 15) is 8.42 Å².